The molecule has 0 bridgehead atoms. The van der Waals surface area contributed by atoms with Crippen molar-refractivity contribution in [2.24, 2.45) is 23.5 Å². The van der Waals surface area contributed by atoms with E-state index >= 15 is 0 Å². The summed E-state index contributed by atoms with van der Waals surface area (Å²) in [6.07, 6.45) is 5.52. The van der Waals surface area contributed by atoms with E-state index in [2.05, 4.69) is 0 Å². The van der Waals surface area contributed by atoms with Gasteiger partial charge in [-0.2, -0.15) is 0 Å². The summed E-state index contributed by atoms with van der Waals surface area (Å²) >= 11 is 1.35. The average molecular weight is 298 g/mol. The van der Waals surface area contributed by atoms with Gasteiger partial charge in [-0.1, -0.05) is 18.2 Å². The summed E-state index contributed by atoms with van der Waals surface area (Å²) in [5.41, 5.74) is 5.78. The summed E-state index contributed by atoms with van der Waals surface area (Å²) in [6, 6.07) is 0. The zero-order chi connectivity index (χ0) is 14.5. The van der Waals surface area contributed by atoms with Crippen molar-refractivity contribution < 1.29 is 9.59 Å². The minimum Gasteiger partial charge on any atom is -0.342 e. The fourth-order valence-corrected chi connectivity index (χ4v) is 4.16. The first-order chi connectivity index (χ1) is 9.58. The summed E-state index contributed by atoms with van der Waals surface area (Å²) in [6.45, 7) is 4.11. The van der Waals surface area contributed by atoms with Crippen LogP contribution < -0.4 is 5.73 Å². The van der Waals surface area contributed by atoms with E-state index in [0.717, 1.165) is 25.4 Å². The lowest BCUT2D eigenvalue weighted by Gasteiger charge is -2.31. The van der Waals surface area contributed by atoms with Crippen LogP contribution in [0.25, 0.3) is 0 Å². The molecule has 1 saturated carbocycles. The van der Waals surface area contributed by atoms with Crippen molar-refractivity contribution in [3.05, 3.63) is 0 Å². The maximum absolute atomic E-state index is 12.1. The van der Waals surface area contributed by atoms with Crippen LogP contribution in [-0.4, -0.2) is 41.3 Å². The second kappa shape index (κ2) is 7.46. The predicted octanol–water partition coefficient (Wildman–Crippen LogP) is 1.88. The predicted molar refractivity (Wildman–Crippen MR) is 82.3 cm³/mol. The van der Waals surface area contributed by atoms with Crippen molar-refractivity contribution in [2.45, 2.75) is 39.0 Å². The molecule has 0 aromatic heterocycles. The zero-order valence-electron chi connectivity index (χ0n) is 12.3. The van der Waals surface area contributed by atoms with Crippen LogP contribution in [0.5, 0.6) is 0 Å². The molecule has 20 heavy (non-hydrogen) atoms. The van der Waals surface area contributed by atoms with Crippen LogP contribution in [0.15, 0.2) is 0 Å². The lowest BCUT2D eigenvalue weighted by atomic mass is 9.81. The molecule has 0 aromatic rings. The highest BCUT2D eigenvalue weighted by atomic mass is 32.2. The zero-order valence-corrected chi connectivity index (χ0v) is 13.2. The van der Waals surface area contributed by atoms with Gasteiger partial charge in [-0.25, -0.2) is 0 Å². The highest BCUT2D eigenvalue weighted by Gasteiger charge is 2.32. The number of nitrogens with two attached hydrogens (primary N) is 1. The van der Waals surface area contributed by atoms with E-state index in [1.165, 1.54) is 37.4 Å². The summed E-state index contributed by atoms with van der Waals surface area (Å²) in [4.78, 5) is 25.1. The summed E-state index contributed by atoms with van der Waals surface area (Å²) in [7, 11) is 0. The van der Waals surface area contributed by atoms with E-state index in [-0.39, 0.29) is 11.0 Å². The van der Waals surface area contributed by atoms with Gasteiger partial charge in [0.25, 0.3) is 0 Å². The second-order valence-corrected chi connectivity index (χ2v) is 7.50. The summed E-state index contributed by atoms with van der Waals surface area (Å²) in [5.74, 6) is 2.68. The van der Waals surface area contributed by atoms with Crippen molar-refractivity contribution in [3.63, 3.8) is 0 Å². The molecule has 3 atom stereocenters. The molecule has 1 aliphatic heterocycles. The molecule has 1 saturated heterocycles. The van der Waals surface area contributed by atoms with E-state index in [9.17, 15) is 9.59 Å². The minimum atomic E-state index is 0.147. The Labute approximate surface area is 125 Å². The van der Waals surface area contributed by atoms with Crippen LogP contribution >= 0.6 is 11.8 Å². The topological polar surface area (TPSA) is 63.4 Å². The Kier molecular flexibility index (Phi) is 5.90. The highest BCUT2D eigenvalue weighted by Crippen LogP contribution is 2.31. The van der Waals surface area contributed by atoms with E-state index in [4.69, 9.17) is 5.73 Å². The van der Waals surface area contributed by atoms with Gasteiger partial charge in [0.1, 0.15) is 0 Å². The SMILES string of the molecule is CC(=O)SCC1CC(=O)N(C[C@H]2CCC[C@@H](CN)C2)C1. The van der Waals surface area contributed by atoms with Gasteiger partial charge in [0.05, 0.1) is 0 Å². The Morgan fingerprint density at radius 1 is 1.35 bits per heavy atom. The van der Waals surface area contributed by atoms with Gasteiger partial charge in [-0.3, -0.25) is 9.59 Å². The first kappa shape index (κ1) is 15.8. The standard InChI is InChI=1S/C15H26N2O2S/c1-11(18)20-10-14-6-15(19)17(9-14)8-13-4-2-3-12(5-13)7-16/h12-14H,2-10,16H2,1H3/t12-,13+,14?/m1/s1. The lowest BCUT2D eigenvalue weighted by molar-refractivity contribution is -0.128. The highest BCUT2D eigenvalue weighted by molar-refractivity contribution is 8.13. The van der Waals surface area contributed by atoms with Gasteiger partial charge in [0, 0.05) is 32.2 Å². The van der Waals surface area contributed by atoms with Gasteiger partial charge >= 0.3 is 0 Å². The number of hydrogen-bond donors (Lipinski definition) is 1. The number of hydrogen-bond acceptors (Lipinski definition) is 4. The maximum atomic E-state index is 12.1. The average Bonchev–Trinajstić information content (AvgIpc) is 2.77. The van der Waals surface area contributed by atoms with Crippen LogP contribution in [0, 0.1) is 17.8 Å². The molecule has 2 N–H and O–H groups in total. The summed E-state index contributed by atoms with van der Waals surface area (Å²) in [5, 5.41) is 0.147. The molecule has 1 aliphatic carbocycles. The number of amides is 1. The third kappa shape index (κ3) is 4.48. The largest absolute Gasteiger partial charge is 0.342 e. The monoisotopic (exact) mass is 298 g/mol. The molecular weight excluding hydrogens is 272 g/mol. The molecular formula is C15H26N2O2S. The second-order valence-electron chi connectivity index (χ2n) is 6.31. The molecule has 0 spiro atoms. The third-order valence-electron chi connectivity index (χ3n) is 4.52. The smallest absolute Gasteiger partial charge is 0.222 e. The van der Waals surface area contributed by atoms with Crippen LogP contribution in [0.2, 0.25) is 0 Å². The van der Waals surface area contributed by atoms with E-state index < -0.39 is 0 Å². The van der Waals surface area contributed by atoms with Crippen LogP contribution in [0.1, 0.15) is 39.0 Å². The van der Waals surface area contributed by atoms with Crippen LogP contribution in [0.3, 0.4) is 0 Å². The maximum Gasteiger partial charge on any atom is 0.222 e. The van der Waals surface area contributed by atoms with E-state index in [1.54, 1.807) is 6.92 Å². The van der Waals surface area contributed by atoms with Crippen molar-refractivity contribution in [1.29, 1.82) is 0 Å². The van der Waals surface area contributed by atoms with Gasteiger partial charge in [-0.15, -0.1) is 0 Å². The molecule has 114 valence electrons. The fraction of sp³-hybridized carbons (Fsp3) is 0.867. The number of carbonyl (C=O) groups excluding carboxylic acids is 2. The number of carbonyl (C=O) groups is 2. The van der Waals surface area contributed by atoms with Crippen molar-refractivity contribution >= 4 is 22.8 Å². The lowest BCUT2D eigenvalue weighted by Crippen LogP contribution is -2.34. The molecule has 1 unspecified atom stereocenters. The van der Waals surface area contributed by atoms with Crippen LogP contribution in [0.4, 0.5) is 0 Å². The molecule has 2 fully saturated rings. The molecule has 2 rings (SSSR count). The molecule has 4 nitrogen and oxygen atoms in total. The summed E-state index contributed by atoms with van der Waals surface area (Å²) < 4.78 is 0. The van der Waals surface area contributed by atoms with Crippen molar-refractivity contribution in [1.82, 2.24) is 4.90 Å². The Bertz CT molecular complexity index is 362. The van der Waals surface area contributed by atoms with Crippen LogP contribution in [-0.2, 0) is 9.59 Å². The first-order valence-electron chi connectivity index (χ1n) is 7.69. The van der Waals surface area contributed by atoms with Gasteiger partial charge in [0.2, 0.25) is 5.91 Å². The van der Waals surface area contributed by atoms with E-state index in [1.807, 2.05) is 4.90 Å². The normalized spacial score (nSPS) is 30.8. The molecule has 0 aromatic carbocycles. The molecule has 1 amide bonds. The molecule has 2 aliphatic rings. The number of thioether (sulfide) groups is 1. The molecule has 0 radical (unpaired) electrons. The van der Waals surface area contributed by atoms with Gasteiger partial charge in [0.15, 0.2) is 5.12 Å². The quantitative estimate of drug-likeness (QED) is 0.842. The van der Waals surface area contributed by atoms with E-state index in [0.29, 0.717) is 24.2 Å². The first-order valence-corrected chi connectivity index (χ1v) is 8.68. The van der Waals surface area contributed by atoms with Gasteiger partial charge in [-0.05, 0) is 43.6 Å². The molecule has 5 heteroatoms. The minimum absolute atomic E-state index is 0.147. The van der Waals surface area contributed by atoms with Gasteiger partial charge < -0.3 is 10.6 Å². The Morgan fingerprint density at radius 3 is 2.80 bits per heavy atom. The Balaban J connectivity index is 1.78. The Morgan fingerprint density at radius 2 is 2.10 bits per heavy atom. The fourth-order valence-electron chi connectivity index (χ4n) is 3.47. The Hall–Kier alpha value is -0.550. The number of rotatable bonds is 5. The third-order valence-corrected chi connectivity index (χ3v) is 5.56. The van der Waals surface area contributed by atoms with Crippen molar-refractivity contribution in [2.75, 3.05) is 25.4 Å². The van der Waals surface area contributed by atoms with Crippen molar-refractivity contribution in [3.8, 4) is 0 Å². The molecule has 1 heterocycles. The number of likely N-dealkylation sites (tertiary alicyclic amines) is 1. The number of nitrogens with zero attached hydrogens (tertiary/aromatic N) is 1.